The largest absolute Gasteiger partial charge is 0.350 e. The molecule has 0 bridgehead atoms. The fourth-order valence-corrected chi connectivity index (χ4v) is 3.84. The normalized spacial score (nSPS) is 11.3. The molecule has 0 aliphatic carbocycles. The van der Waals surface area contributed by atoms with E-state index in [0.29, 0.717) is 21.6 Å². The number of nitrogens with one attached hydrogen (secondary N) is 1. The summed E-state index contributed by atoms with van der Waals surface area (Å²) in [6.45, 7) is 4.08. The molecule has 2 nitrogen and oxygen atoms in total. The molecule has 0 fully saturated rings. The van der Waals surface area contributed by atoms with Crippen molar-refractivity contribution in [2.24, 2.45) is 0 Å². The highest BCUT2D eigenvalue weighted by Gasteiger charge is 2.20. The minimum atomic E-state index is -0.281. The van der Waals surface area contributed by atoms with Crippen molar-refractivity contribution < 1.29 is 4.79 Å². The van der Waals surface area contributed by atoms with Crippen molar-refractivity contribution in [3.8, 4) is 0 Å². The van der Waals surface area contributed by atoms with Crippen LogP contribution < -0.4 is 5.32 Å². The Balaban J connectivity index is 1.80. The summed E-state index contributed by atoms with van der Waals surface area (Å²) in [4.78, 5) is 12.2. The number of hydrogen-bond donors (Lipinski definition) is 1. The molecule has 0 saturated carbocycles. The highest BCUT2D eigenvalue weighted by atomic mass is 35.5. The van der Waals surface area contributed by atoms with E-state index in [0.717, 1.165) is 12.0 Å². The molecule has 0 aromatic heterocycles. The zero-order valence-electron chi connectivity index (χ0n) is 13.8. The molecule has 5 heteroatoms. The molecule has 0 aliphatic rings. The molecular weight excluding hydrogens is 361 g/mol. The summed E-state index contributed by atoms with van der Waals surface area (Å²) in [5.41, 5.74) is 1.92. The number of rotatable bonds is 7. The quantitative estimate of drug-likeness (QED) is 0.698. The van der Waals surface area contributed by atoms with Crippen LogP contribution >= 0.6 is 35.0 Å². The summed E-state index contributed by atoms with van der Waals surface area (Å²) in [6.07, 6.45) is 0.799. The van der Waals surface area contributed by atoms with Crippen LogP contribution in [0, 0.1) is 0 Å². The average molecular weight is 382 g/mol. The van der Waals surface area contributed by atoms with Gasteiger partial charge >= 0.3 is 0 Å². The Morgan fingerprint density at radius 3 is 2.50 bits per heavy atom. The second kappa shape index (κ2) is 8.80. The van der Waals surface area contributed by atoms with E-state index in [1.807, 2.05) is 44.2 Å². The van der Waals surface area contributed by atoms with E-state index in [-0.39, 0.29) is 11.4 Å². The summed E-state index contributed by atoms with van der Waals surface area (Å²) < 4.78 is 0. The summed E-state index contributed by atoms with van der Waals surface area (Å²) in [5.74, 6) is 1.12. The molecule has 2 aromatic carbocycles. The summed E-state index contributed by atoms with van der Waals surface area (Å²) in [5, 5.41) is 4.36. The van der Waals surface area contributed by atoms with Gasteiger partial charge in [0, 0.05) is 21.3 Å². The van der Waals surface area contributed by atoms with Gasteiger partial charge in [-0.2, -0.15) is 0 Å². The smallest absolute Gasteiger partial charge is 0.230 e. The first-order chi connectivity index (χ1) is 11.4. The molecule has 1 N–H and O–H groups in total. The molecule has 128 valence electrons. The van der Waals surface area contributed by atoms with Crippen LogP contribution in [-0.2, 0) is 17.0 Å². The molecule has 0 atom stereocenters. The maximum absolute atomic E-state index is 12.2. The van der Waals surface area contributed by atoms with Crippen molar-refractivity contribution in [2.75, 3.05) is 5.75 Å². The second-order valence-corrected chi connectivity index (χ2v) is 8.15. The Kier molecular flexibility index (Phi) is 7.02. The molecule has 0 spiro atoms. The molecule has 0 aliphatic heterocycles. The van der Waals surface area contributed by atoms with Crippen molar-refractivity contribution >= 4 is 40.9 Å². The van der Waals surface area contributed by atoms with E-state index in [1.54, 1.807) is 17.8 Å². The van der Waals surface area contributed by atoms with Gasteiger partial charge in [0.25, 0.3) is 0 Å². The number of halogens is 2. The maximum Gasteiger partial charge on any atom is 0.230 e. The van der Waals surface area contributed by atoms with Crippen LogP contribution in [0.15, 0.2) is 48.5 Å². The molecule has 0 heterocycles. The molecule has 0 saturated heterocycles. The van der Waals surface area contributed by atoms with Gasteiger partial charge in [-0.15, -0.1) is 11.8 Å². The molecule has 2 rings (SSSR count). The van der Waals surface area contributed by atoms with E-state index < -0.39 is 0 Å². The van der Waals surface area contributed by atoms with Gasteiger partial charge in [0.05, 0.1) is 5.75 Å². The first kappa shape index (κ1) is 19.2. The first-order valence-corrected chi connectivity index (χ1v) is 9.63. The van der Waals surface area contributed by atoms with Crippen LogP contribution in [0.25, 0.3) is 0 Å². The maximum atomic E-state index is 12.2. The summed E-state index contributed by atoms with van der Waals surface area (Å²) >= 11 is 13.6. The van der Waals surface area contributed by atoms with Crippen LogP contribution in [0.5, 0.6) is 0 Å². The van der Waals surface area contributed by atoms with Gasteiger partial charge < -0.3 is 5.32 Å². The lowest BCUT2D eigenvalue weighted by molar-refractivity contribution is -0.120. The van der Waals surface area contributed by atoms with Crippen molar-refractivity contribution in [1.82, 2.24) is 5.32 Å². The van der Waals surface area contributed by atoms with E-state index in [9.17, 15) is 4.79 Å². The van der Waals surface area contributed by atoms with E-state index >= 15 is 0 Å². The minimum absolute atomic E-state index is 0.0333. The van der Waals surface area contributed by atoms with Gasteiger partial charge in [-0.1, -0.05) is 59.6 Å². The number of carbonyl (C=O) groups excluding carboxylic acids is 1. The van der Waals surface area contributed by atoms with E-state index in [1.165, 1.54) is 5.56 Å². The Hall–Kier alpha value is -1.16. The summed E-state index contributed by atoms with van der Waals surface area (Å²) in [7, 11) is 0. The number of hydrogen-bond acceptors (Lipinski definition) is 2. The SMILES string of the molecule is CC(C)(Cc1ccccc1)NC(=O)CSCc1ccc(Cl)cc1Cl. The average Bonchev–Trinajstić information content (AvgIpc) is 2.49. The Bertz CT molecular complexity index is 689. The van der Waals surface area contributed by atoms with Gasteiger partial charge in [0.15, 0.2) is 0 Å². The van der Waals surface area contributed by atoms with Crippen molar-refractivity contribution in [1.29, 1.82) is 0 Å². The van der Waals surface area contributed by atoms with Gasteiger partial charge in [0.2, 0.25) is 5.91 Å². The molecule has 0 unspecified atom stereocenters. The van der Waals surface area contributed by atoms with Gasteiger partial charge in [-0.05, 0) is 43.5 Å². The van der Waals surface area contributed by atoms with Gasteiger partial charge in [0.1, 0.15) is 0 Å². The molecule has 1 amide bonds. The highest BCUT2D eigenvalue weighted by Crippen LogP contribution is 2.24. The Morgan fingerprint density at radius 1 is 1.12 bits per heavy atom. The number of benzene rings is 2. The summed E-state index contributed by atoms with van der Waals surface area (Å²) in [6, 6.07) is 15.6. The predicted octanol–water partition coefficient (Wildman–Crippen LogP) is 5.36. The van der Waals surface area contributed by atoms with Crippen LogP contribution in [0.1, 0.15) is 25.0 Å². The zero-order valence-corrected chi connectivity index (χ0v) is 16.1. The van der Waals surface area contributed by atoms with Crippen LogP contribution in [0.4, 0.5) is 0 Å². The molecule has 2 aromatic rings. The third-order valence-electron chi connectivity index (χ3n) is 3.47. The fraction of sp³-hybridized carbons (Fsp3) is 0.316. The second-order valence-electron chi connectivity index (χ2n) is 6.32. The standard InChI is InChI=1S/C19H21Cl2NOS/c1-19(2,11-14-6-4-3-5-7-14)22-18(23)13-24-12-15-8-9-16(20)10-17(15)21/h3-10H,11-13H2,1-2H3,(H,22,23). The number of thioether (sulfide) groups is 1. The van der Waals surface area contributed by atoms with Crippen LogP contribution in [-0.4, -0.2) is 17.2 Å². The lowest BCUT2D eigenvalue weighted by Crippen LogP contribution is -2.45. The topological polar surface area (TPSA) is 29.1 Å². The molecule has 0 radical (unpaired) electrons. The third-order valence-corrected chi connectivity index (χ3v) is 5.04. The first-order valence-electron chi connectivity index (χ1n) is 7.72. The predicted molar refractivity (Wildman–Crippen MR) is 105 cm³/mol. The van der Waals surface area contributed by atoms with Crippen molar-refractivity contribution in [3.05, 3.63) is 69.7 Å². The Labute approximate surface area is 157 Å². The third kappa shape index (κ3) is 6.39. The molecule has 24 heavy (non-hydrogen) atoms. The number of amides is 1. The fourth-order valence-electron chi connectivity index (χ4n) is 2.46. The van der Waals surface area contributed by atoms with Crippen molar-refractivity contribution in [3.63, 3.8) is 0 Å². The van der Waals surface area contributed by atoms with Crippen molar-refractivity contribution in [2.45, 2.75) is 31.6 Å². The van der Waals surface area contributed by atoms with Crippen LogP contribution in [0.2, 0.25) is 10.0 Å². The zero-order chi connectivity index (χ0) is 17.6. The lowest BCUT2D eigenvalue weighted by atomic mass is 9.95. The van der Waals surface area contributed by atoms with Gasteiger partial charge in [-0.3, -0.25) is 4.79 Å². The number of carbonyl (C=O) groups is 1. The Morgan fingerprint density at radius 2 is 1.83 bits per heavy atom. The lowest BCUT2D eigenvalue weighted by Gasteiger charge is -2.26. The van der Waals surface area contributed by atoms with E-state index in [4.69, 9.17) is 23.2 Å². The minimum Gasteiger partial charge on any atom is -0.350 e. The van der Waals surface area contributed by atoms with E-state index in [2.05, 4.69) is 17.4 Å². The van der Waals surface area contributed by atoms with Gasteiger partial charge in [-0.25, -0.2) is 0 Å². The monoisotopic (exact) mass is 381 g/mol. The highest BCUT2D eigenvalue weighted by molar-refractivity contribution is 7.99. The van der Waals surface area contributed by atoms with Crippen LogP contribution in [0.3, 0.4) is 0 Å². The molecular formula is C19H21Cl2NOS.